The van der Waals surface area contributed by atoms with Gasteiger partial charge in [0.2, 0.25) is 0 Å². The molecule has 0 spiro atoms. The number of carbonyl (C=O) groups excluding carboxylic acids is 2. The quantitative estimate of drug-likeness (QED) is 0.700. The van der Waals surface area contributed by atoms with Crippen LogP contribution in [0.2, 0.25) is 0 Å². The van der Waals surface area contributed by atoms with Crippen molar-refractivity contribution in [2.45, 2.75) is 64.9 Å². The molecule has 0 aromatic carbocycles. The Morgan fingerprint density at radius 3 is 2.55 bits per heavy atom. The number of carbonyl (C=O) groups is 2. The minimum Gasteiger partial charge on any atom is -0.389 e. The number of rotatable bonds is 0. The van der Waals surface area contributed by atoms with E-state index in [0.29, 0.717) is 42.7 Å². The van der Waals surface area contributed by atoms with Crippen LogP contribution >= 0.6 is 0 Å². The van der Waals surface area contributed by atoms with Crippen LogP contribution in [0.3, 0.4) is 0 Å². The molecule has 4 rings (SSSR count). The van der Waals surface area contributed by atoms with Gasteiger partial charge < -0.3 is 5.11 Å². The standard InChI is InChI=1S/C19H26O3/c1-18-7-5-12(20)9-11(18)10-15(21)17-13-3-4-16(22)19(13,2)8-6-14(17)18/h10,13-15,17,21H,3-9H2,1-2H3/t13-,14-,15+,17-,18-,19-/m0/s1. The van der Waals surface area contributed by atoms with Gasteiger partial charge in [-0.15, -0.1) is 0 Å². The average Bonchev–Trinajstić information content (AvgIpc) is 2.77. The number of aliphatic hydroxyl groups excluding tert-OH is 1. The van der Waals surface area contributed by atoms with Gasteiger partial charge in [-0.3, -0.25) is 9.59 Å². The third kappa shape index (κ3) is 1.72. The van der Waals surface area contributed by atoms with Crippen molar-refractivity contribution in [3.63, 3.8) is 0 Å². The SMILES string of the molecule is C[C@]12CCC(=O)CC1=C[C@@H](O)[C@@H]1[C@@H]2CC[C@]2(C)C(=O)CC[C@@H]12. The van der Waals surface area contributed by atoms with Crippen molar-refractivity contribution >= 4 is 11.6 Å². The van der Waals surface area contributed by atoms with Crippen LogP contribution in [0, 0.1) is 28.6 Å². The topological polar surface area (TPSA) is 54.4 Å². The minimum absolute atomic E-state index is 0.0603. The molecule has 0 heterocycles. The molecule has 0 aromatic heterocycles. The second-order valence-corrected chi connectivity index (χ2v) is 8.52. The van der Waals surface area contributed by atoms with E-state index in [2.05, 4.69) is 13.8 Å². The van der Waals surface area contributed by atoms with Gasteiger partial charge in [-0.25, -0.2) is 0 Å². The summed E-state index contributed by atoms with van der Waals surface area (Å²) in [4.78, 5) is 24.2. The molecule has 0 aromatic rings. The Labute approximate surface area is 132 Å². The smallest absolute Gasteiger partial charge is 0.139 e. The molecule has 22 heavy (non-hydrogen) atoms. The van der Waals surface area contributed by atoms with Crippen LogP contribution in [-0.2, 0) is 9.59 Å². The normalized spacial score (nSPS) is 51.0. The molecule has 0 aliphatic heterocycles. The number of allylic oxidation sites excluding steroid dienone is 1. The van der Waals surface area contributed by atoms with Gasteiger partial charge in [0, 0.05) is 24.7 Å². The molecule has 3 nitrogen and oxygen atoms in total. The van der Waals surface area contributed by atoms with Gasteiger partial charge in [0.15, 0.2) is 0 Å². The first kappa shape index (κ1) is 14.6. The summed E-state index contributed by atoms with van der Waals surface area (Å²) in [7, 11) is 0. The summed E-state index contributed by atoms with van der Waals surface area (Å²) in [6.07, 6.45) is 7.22. The molecule has 0 radical (unpaired) electrons. The summed E-state index contributed by atoms with van der Waals surface area (Å²) in [5.74, 6) is 1.67. The number of hydrogen-bond acceptors (Lipinski definition) is 3. The van der Waals surface area contributed by atoms with Crippen LogP contribution < -0.4 is 0 Å². The predicted molar refractivity (Wildman–Crippen MR) is 83.1 cm³/mol. The highest BCUT2D eigenvalue weighted by molar-refractivity contribution is 5.87. The third-order valence-electron chi connectivity index (χ3n) is 7.67. The summed E-state index contributed by atoms with van der Waals surface area (Å²) >= 11 is 0. The van der Waals surface area contributed by atoms with Crippen molar-refractivity contribution in [2.75, 3.05) is 0 Å². The molecule has 4 aliphatic rings. The van der Waals surface area contributed by atoms with E-state index in [1.807, 2.05) is 6.08 Å². The molecule has 3 fully saturated rings. The molecule has 0 amide bonds. The van der Waals surface area contributed by atoms with Gasteiger partial charge in [0.25, 0.3) is 0 Å². The minimum atomic E-state index is -0.477. The highest BCUT2D eigenvalue weighted by Gasteiger charge is 2.60. The lowest BCUT2D eigenvalue weighted by atomic mass is 9.47. The van der Waals surface area contributed by atoms with Crippen molar-refractivity contribution in [1.29, 1.82) is 0 Å². The first-order chi connectivity index (χ1) is 10.4. The highest BCUT2D eigenvalue weighted by Crippen LogP contribution is 2.63. The molecule has 6 atom stereocenters. The van der Waals surface area contributed by atoms with Crippen LogP contribution in [0.15, 0.2) is 11.6 Å². The zero-order valence-corrected chi connectivity index (χ0v) is 13.6. The molecule has 0 bridgehead atoms. The van der Waals surface area contributed by atoms with Crippen LogP contribution in [0.4, 0.5) is 0 Å². The summed E-state index contributed by atoms with van der Waals surface area (Å²) in [6.45, 7) is 4.43. The molecule has 0 unspecified atom stereocenters. The Hall–Kier alpha value is -0.960. The number of fused-ring (bicyclic) bond motifs is 5. The fourth-order valence-corrected chi connectivity index (χ4v) is 6.24. The molecule has 4 aliphatic carbocycles. The zero-order valence-electron chi connectivity index (χ0n) is 13.6. The Kier molecular flexibility index (Phi) is 3.01. The molecule has 3 saturated carbocycles. The largest absolute Gasteiger partial charge is 0.389 e. The van der Waals surface area contributed by atoms with Crippen LogP contribution in [0.25, 0.3) is 0 Å². The maximum absolute atomic E-state index is 12.4. The monoisotopic (exact) mass is 302 g/mol. The average molecular weight is 302 g/mol. The Morgan fingerprint density at radius 1 is 1.05 bits per heavy atom. The van der Waals surface area contributed by atoms with E-state index in [-0.39, 0.29) is 16.7 Å². The molecule has 0 saturated heterocycles. The molecular weight excluding hydrogens is 276 g/mol. The van der Waals surface area contributed by atoms with E-state index in [9.17, 15) is 14.7 Å². The Morgan fingerprint density at radius 2 is 1.77 bits per heavy atom. The van der Waals surface area contributed by atoms with Crippen molar-refractivity contribution < 1.29 is 14.7 Å². The van der Waals surface area contributed by atoms with E-state index < -0.39 is 6.10 Å². The number of ketones is 2. The summed E-state index contributed by atoms with van der Waals surface area (Å²) in [5, 5.41) is 10.8. The van der Waals surface area contributed by atoms with Gasteiger partial charge in [0.1, 0.15) is 11.6 Å². The highest BCUT2D eigenvalue weighted by atomic mass is 16.3. The summed E-state index contributed by atoms with van der Waals surface area (Å²) in [5.41, 5.74) is 1.02. The van der Waals surface area contributed by atoms with Crippen molar-refractivity contribution in [3.05, 3.63) is 11.6 Å². The third-order valence-corrected chi connectivity index (χ3v) is 7.67. The van der Waals surface area contributed by atoms with Gasteiger partial charge in [-0.2, -0.15) is 0 Å². The second kappa shape index (κ2) is 4.53. The number of hydrogen-bond donors (Lipinski definition) is 1. The Balaban J connectivity index is 1.76. The van der Waals surface area contributed by atoms with Crippen LogP contribution in [0.1, 0.15) is 58.8 Å². The molecule has 1 N–H and O–H groups in total. The Bertz CT molecular complexity index is 577. The first-order valence-electron chi connectivity index (χ1n) is 8.80. The zero-order chi connectivity index (χ0) is 15.7. The molecule has 120 valence electrons. The van der Waals surface area contributed by atoms with Crippen LogP contribution in [-0.4, -0.2) is 22.8 Å². The maximum atomic E-state index is 12.4. The predicted octanol–water partition coefficient (Wildman–Crippen LogP) is 3.06. The fourth-order valence-electron chi connectivity index (χ4n) is 6.24. The summed E-state index contributed by atoms with van der Waals surface area (Å²) in [6, 6.07) is 0. The maximum Gasteiger partial charge on any atom is 0.139 e. The lowest BCUT2D eigenvalue weighted by molar-refractivity contribution is -0.136. The van der Waals surface area contributed by atoms with Gasteiger partial charge in [-0.05, 0) is 48.9 Å². The number of Topliss-reactive ketones (excluding diaryl/α,β-unsaturated/α-hetero) is 2. The van der Waals surface area contributed by atoms with Crippen LogP contribution in [0.5, 0.6) is 0 Å². The van der Waals surface area contributed by atoms with E-state index in [4.69, 9.17) is 0 Å². The fraction of sp³-hybridized carbons (Fsp3) is 0.789. The van der Waals surface area contributed by atoms with Gasteiger partial charge in [0.05, 0.1) is 6.10 Å². The lowest BCUT2D eigenvalue weighted by Crippen LogP contribution is -2.54. The van der Waals surface area contributed by atoms with Crippen molar-refractivity contribution in [1.82, 2.24) is 0 Å². The van der Waals surface area contributed by atoms with E-state index in [0.717, 1.165) is 25.7 Å². The second-order valence-electron chi connectivity index (χ2n) is 8.52. The van der Waals surface area contributed by atoms with E-state index in [1.54, 1.807) is 0 Å². The summed E-state index contributed by atoms with van der Waals surface area (Å²) < 4.78 is 0. The van der Waals surface area contributed by atoms with Crippen molar-refractivity contribution in [2.24, 2.45) is 28.6 Å². The number of aliphatic hydroxyl groups is 1. The molecule has 3 heteroatoms. The van der Waals surface area contributed by atoms with E-state index in [1.165, 1.54) is 5.57 Å². The van der Waals surface area contributed by atoms with Gasteiger partial charge in [-0.1, -0.05) is 25.5 Å². The van der Waals surface area contributed by atoms with E-state index >= 15 is 0 Å². The first-order valence-corrected chi connectivity index (χ1v) is 8.80. The van der Waals surface area contributed by atoms with Crippen molar-refractivity contribution in [3.8, 4) is 0 Å². The molecular formula is C19H26O3. The van der Waals surface area contributed by atoms with Gasteiger partial charge >= 0.3 is 0 Å². The lowest BCUT2D eigenvalue weighted by Gasteiger charge is -2.57.